The summed E-state index contributed by atoms with van der Waals surface area (Å²) in [5, 5.41) is 3.03. The number of unbranched alkanes of at least 4 members (excludes halogenated alkanes) is 32. The highest BCUT2D eigenvalue weighted by atomic mass is 31.2. The summed E-state index contributed by atoms with van der Waals surface area (Å²) in [6.45, 7) is 6.70. The minimum Gasteiger partial charge on any atom is -0.756 e. The number of carbonyl (C=O) groups is 2. The Kier molecular flexibility index (Phi) is 57.3. The van der Waals surface area contributed by atoms with Crippen LogP contribution in [-0.2, 0) is 27.9 Å². The minimum atomic E-state index is -4.71. The molecule has 0 radical (unpaired) electrons. The third kappa shape index (κ3) is 59.8. The van der Waals surface area contributed by atoms with E-state index in [1.54, 1.807) is 0 Å². The zero-order valence-corrected chi connectivity index (χ0v) is 53.9. The zero-order chi connectivity index (χ0) is 58.6. The van der Waals surface area contributed by atoms with E-state index in [4.69, 9.17) is 13.8 Å². The van der Waals surface area contributed by atoms with Crippen LogP contribution in [0.1, 0.15) is 297 Å². The predicted molar refractivity (Wildman–Crippen MR) is 344 cm³/mol. The number of allylic oxidation sites excluding steroid dienone is 13. The normalized spacial score (nSPS) is 14.1. The molecule has 0 aromatic heterocycles. The van der Waals surface area contributed by atoms with Crippen LogP contribution in [-0.4, -0.2) is 69.4 Å². The lowest BCUT2D eigenvalue weighted by Gasteiger charge is -2.30. The van der Waals surface area contributed by atoms with Crippen molar-refractivity contribution in [3.05, 3.63) is 85.1 Å². The Labute approximate surface area is 495 Å². The smallest absolute Gasteiger partial charge is 0.306 e. The third-order valence-electron chi connectivity index (χ3n) is 14.6. The van der Waals surface area contributed by atoms with Gasteiger partial charge < -0.3 is 28.5 Å². The van der Waals surface area contributed by atoms with Gasteiger partial charge in [0.1, 0.15) is 19.3 Å². The highest BCUT2D eigenvalue weighted by Gasteiger charge is 2.27. The van der Waals surface area contributed by atoms with Gasteiger partial charge in [0.2, 0.25) is 5.91 Å². The van der Waals surface area contributed by atoms with Gasteiger partial charge in [-0.25, -0.2) is 0 Å². The first-order chi connectivity index (χ1) is 38.9. The number of hydrogen-bond donors (Lipinski definition) is 1. The van der Waals surface area contributed by atoms with Gasteiger partial charge in [-0.3, -0.25) is 14.2 Å². The van der Waals surface area contributed by atoms with Gasteiger partial charge in [-0.1, -0.05) is 267 Å². The minimum absolute atomic E-state index is 0.0285. The van der Waals surface area contributed by atoms with Crippen LogP contribution in [0.5, 0.6) is 0 Å². The quantitative estimate of drug-likeness (QED) is 0.0212. The molecule has 0 bridgehead atoms. The molecule has 9 nitrogen and oxygen atoms in total. The van der Waals surface area contributed by atoms with Gasteiger partial charge in [0, 0.05) is 12.8 Å². The second kappa shape index (κ2) is 59.4. The summed E-state index contributed by atoms with van der Waals surface area (Å²) in [5.74, 6) is -0.564. The van der Waals surface area contributed by atoms with Crippen molar-refractivity contribution in [3.8, 4) is 0 Å². The van der Waals surface area contributed by atoms with E-state index in [9.17, 15) is 19.0 Å². The lowest BCUT2D eigenvalue weighted by Crippen LogP contribution is -2.47. The van der Waals surface area contributed by atoms with Crippen molar-refractivity contribution in [2.45, 2.75) is 309 Å². The molecule has 0 aromatic carbocycles. The Bertz CT molecular complexity index is 1640. The zero-order valence-electron chi connectivity index (χ0n) is 53.0. The standard InChI is InChI=1S/C70H127N2O7P/c1-7-10-13-16-19-22-25-28-30-31-32-33-34-35-36-37-38-39-40-41-42-44-47-50-53-56-59-62-69(73)71-67(66-78-80(75,76)77-65-64-72(4,5)6)68(61-58-55-52-49-46-43-27-24-21-18-15-12-9-3)79-70(74)63-60-57-54-51-48-45-29-26-23-20-17-14-11-8-2/h11,14,19-20,22-23,28-30,32-33,45,58,61,67-68H,7-10,12-13,15-18,21,24-27,31,34-44,46-57,59-60,62-66H2,1-6H3,(H-,71,73,75,76)/b14-11+,22-19-,23-20+,30-28-,33-32-,45-29+,61-58-. The fourth-order valence-corrected chi connectivity index (χ4v) is 10.1. The number of carbonyl (C=O) groups excluding carboxylic acids is 2. The van der Waals surface area contributed by atoms with Gasteiger partial charge in [-0.05, 0) is 102 Å². The second-order valence-corrected chi connectivity index (χ2v) is 25.0. The fraction of sp³-hybridized carbons (Fsp3) is 0.771. The van der Waals surface area contributed by atoms with E-state index < -0.39 is 26.6 Å². The van der Waals surface area contributed by atoms with Crippen molar-refractivity contribution in [2.24, 2.45) is 0 Å². The van der Waals surface area contributed by atoms with Crippen LogP contribution in [0.2, 0.25) is 0 Å². The lowest BCUT2D eigenvalue weighted by molar-refractivity contribution is -0.870. The average Bonchev–Trinajstić information content (AvgIpc) is 3.42. The van der Waals surface area contributed by atoms with Gasteiger partial charge in [-0.2, -0.15) is 0 Å². The van der Waals surface area contributed by atoms with Crippen molar-refractivity contribution in [3.63, 3.8) is 0 Å². The fourth-order valence-electron chi connectivity index (χ4n) is 9.43. The van der Waals surface area contributed by atoms with Gasteiger partial charge in [0.25, 0.3) is 7.82 Å². The number of nitrogens with zero attached hydrogens (tertiary/aromatic N) is 1. The summed E-state index contributed by atoms with van der Waals surface area (Å²) in [7, 11) is 1.17. The van der Waals surface area contributed by atoms with E-state index in [-0.39, 0.29) is 24.9 Å². The Morgan fingerprint density at radius 3 is 1.23 bits per heavy atom. The summed E-state index contributed by atoms with van der Waals surface area (Å²) in [4.78, 5) is 40.1. The van der Waals surface area contributed by atoms with E-state index in [0.29, 0.717) is 23.9 Å². The number of phosphoric acid groups is 1. The first-order valence-corrected chi connectivity index (χ1v) is 34.9. The molecule has 3 unspecified atom stereocenters. The molecule has 0 aliphatic carbocycles. The van der Waals surface area contributed by atoms with Crippen molar-refractivity contribution < 1.29 is 37.3 Å². The maximum absolute atomic E-state index is 13.6. The second-order valence-electron chi connectivity index (χ2n) is 23.6. The first kappa shape index (κ1) is 77.2. The number of nitrogens with one attached hydrogen (secondary N) is 1. The van der Waals surface area contributed by atoms with Crippen molar-refractivity contribution in [2.75, 3.05) is 40.9 Å². The Hall–Kier alpha value is -2.81. The summed E-state index contributed by atoms with van der Waals surface area (Å²) in [6, 6.07) is -0.901. The average molecular weight is 1140 g/mol. The van der Waals surface area contributed by atoms with Gasteiger partial charge in [0.15, 0.2) is 0 Å². The Morgan fingerprint density at radius 1 is 0.450 bits per heavy atom. The molecule has 0 saturated heterocycles. The summed E-state index contributed by atoms with van der Waals surface area (Å²) < 4.78 is 30.3. The molecule has 80 heavy (non-hydrogen) atoms. The number of amides is 1. The van der Waals surface area contributed by atoms with Crippen molar-refractivity contribution in [1.29, 1.82) is 0 Å². The summed E-state index contributed by atoms with van der Waals surface area (Å²) in [5.41, 5.74) is 0. The molecule has 0 aliphatic rings. The molecule has 3 atom stereocenters. The van der Waals surface area contributed by atoms with Crippen molar-refractivity contribution >= 4 is 19.7 Å². The van der Waals surface area contributed by atoms with E-state index in [1.807, 2.05) is 33.3 Å². The molecular formula is C70H127N2O7P. The van der Waals surface area contributed by atoms with Gasteiger partial charge in [-0.15, -0.1) is 0 Å². The molecule has 1 N–H and O–H groups in total. The number of rotatable bonds is 60. The highest BCUT2D eigenvalue weighted by molar-refractivity contribution is 7.45. The maximum atomic E-state index is 13.6. The summed E-state index contributed by atoms with van der Waals surface area (Å²) >= 11 is 0. The number of ether oxygens (including phenoxy) is 1. The molecule has 10 heteroatoms. The molecule has 0 aliphatic heterocycles. The molecule has 0 rings (SSSR count). The number of quaternary nitrogens is 1. The first-order valence-electron chi connectivity index (χ1n) is 33.4. The molecule has 464 valence electrons. The van der Waals surface area contributed by atoms with E-state index in [2.05, 4.69) is 99.0 Å². The summed E-state index contributed by atoms with van der Waals surface area (Å²) in [6.07, 6.45) is 78.5. The SMILES string of the molecule is CC/C=C/C/C=C/C/C=C/CCCCCCC(=O)OC(/C=C\CCCCCCCCCCCCC)C(COP(=O)([O-])OCC[N+](C)(C)C)NC(=O)CCCCCCCCCCCCCCCC/C=C\C/C=C\C/C=C\CCCCC. The number of esters is 1. The molecular weight excluding hydrogens is 1010 g/mol. The molecule has 1 amide bonds. The molecule has 0 saturated carbocycles. The van der Waals surface area contributed by atoms with E-state index in [0.717, 1.165) is 96.3 Å². The molecule has 0 spiro atoms. The number of phosphoric ester groups is 1. The number of hydrogen-bond acceptors (Lipinski definition) is 7. The van der Waals surface area contributed by atoms with Crippen LogP contribution >= 0.6 is 7.82 Å². The largest absolute Gasteiger partial charge is 0.756 e. The van der Waals surface area contributed by atoms with Crippen LogP contribution in [0.3, 0.4) is 0 Å². The maximum Gasteiger partial charge on any atom is 0.306 e. The van der Waals surface area contributed by atoms with Crippen molar-refractivity contribution in [1.82, 2.24) is 5.32 Å². The van der Waals surface area contributed by atoms with Gasteiger partial charge >= 0.3 is 5.97 Å². The van der Waals surface area contributed by atoms with Crippen LogP contribution in [0.25, 0.3) is 0 Å². The van der Waals surface area contributed by atoms with Crippen LogP contribution in [0.4, 0.5) is 0 Å². The Balaban J connectivity index is 5.08. The van der Waals surface area contributed by atoms with E-state index >= 15 is 0 Å². The predicted octanol–water partition coefficient (Wildman–Crippen LogP) is 20.3. The highest BCUT2D eigenvalue weighted by Crippen LogP contribution is 2.38. The molecule has 0 aromatic rings. The lowest BCUT2D eigenvalue weighted by atomic mass is 10.0. The van der Waals surface area contributed by atoms with Crippen LogP contribution < -0.4 is 10.2 Å². The van der Waals surface area contributed by atoms with Crippen LogP contribution in [0.15, 0.2) is 85.1 Å². The molecule has 0 heterocycles. The van der Waals surface area contributed by atoms with Gasteiger partial charge in [0.05, 0.1) is 33.8 Å². The topological polar surface area (TPSA) is 114 Å². The van der Waals surface area contributed by atoms with E-state index in [1.165, 1.54) is 161 Å². The third-order valence-corrected chi connectivity index (χ3v) is 15.5. The monoisotopic (exact) mass is 1140 g/mol. The molecule has 0 fully saturated rings. The number of likely N-dealkylation sites (N-methyl/N-ethyl adjacent to an activating group) is 1. The Morgan fingerprint density at radius 2 is 0.800 bits per heavy atom. The van der Waals surface area contributed by atoms with Crippen LogP contribution in [0, 0.1) is 0 Å².